The van der Waals surface area contributed by atoms with Gasteiger partial charge in [0.2, 0.25) is 0 Å². The molecule has 1 aromatic carbocycles. The van der Waals surface area contributed by atoms with Crippen LogP contribution in [0.2, 0.25) is 0 Å². The normalized spacial score (nSPS) is 26.4. The van der Waals surface area contributed by atoms with Crippen molar-refractivity contribution in [3.05, 3.63) is 41.5 Å². The molecule has 29 heavy (non-hydrogen) atoms. The second-order valence-electron chi connectivity index (χ2n) is 8.10. The van der Waals surface area contributed by atoms with Crippen molar-refractivity contribution < 1.29 is 19.0 Å². The number of hydrogen-bond acceptors (Lipinski definition) is 5. The van der Waals surface area contributed by atoms with Crippen molar-refractivity contribution in [1.29, 1.82) is 0 Å². The second kappa shape index (κ2) is 8.11. The van der Waals surface area contributed by atoms with Gasteiger partial charge in [-0.15, -0.1) is 0 Å². The molecule has 4 rings (SSSR count). The van der Waals surface area contributed by atoms with E-state index in [9.17, 15) is 4.79 Å². The van der Waals surface area contributed by atoms with E-state index < -0.39 is 0 Å². The summed E-state index contributed by atoms with van der Waals surface area (Å²) >= 11 is 0. The van der Waals surface area contributed by atoms with Crippen LogP contribution in [0, 0.1) is 11.8 Å². The fourth-order valence-electron chi connectivity index (χ4n) is 4.80. The lowest BCUT2D eigenvalue weighted by molar-refractivity contribution is -0.140. The molecule has 2 N–H and O–H groups in total. The summed E-state index contributed by atoms with van der Waals surface area (Å²) in [7, 11) is 1.69. The zero-order valence-electron chi connectivity index (χ0n) is 17.6. The molecular formula is C23H30N2O4. The van der Waals surface area contributed by atoms with Gasteiger partial charge in [-0.3, -0.25) is 4.79 Å². The Balaban J connectivity index is 1.69. The number of aromatic amines is 1. The molecule has 2 aromatic rings. The van der Waals surface area contributed by atoms with E-state index in [1.165, 1.54) is 23.6 Å². The minimum Gasteiger partial charge on any atom is -0.497 e. The number of carbonyl (C=O) groups is 1. The van der Waals surface area contributed by atoms with E-state index >= 15 is 0 Å². The first-order chi connectivity index (χ1) is 14.0. The number of aromatic nitrogens is 1. The number of methoxy groups -OCH3 is 1. The predicted octanol–water partition coefficient (Wildman–Crippen LogP) is 4.22. The number of piperidine rings is 1. The molecule has 0 radical (unpaired) electrons. The molecule has 4 atom stereocenters. The number of benzene rings is 1. The van der Waals surface area contributed by atoms with Gasteiger partial charge in [0.1, 0.15) is 17.8 Å². The highest BCUT2D eigenvalue weighted by molar-refractivity contribution is 5.86. The Morgan fingerprint density at radius 2 is 2.17 bits per heavy atom. The van der Waals surface area contributed by atoms with Crippen LogP contribution in [0.15, 0.2) is 30.2 Å². The van der Waals surface area contributed by atoms with Gasteiger partial charge >= 0.3 is 5.97 Å². The van der Waals surface area contributed by atoms with Gasteiger partial charge in [-0.05, 0) is 37.5 Å². The number of hydrogen-bond donors (Lipinski definition) is 2. The van der Waals surface area contributed by atoms with Crippen LogP contribution in [0.1, 0.15) is 50.9 Å². The molecule has 0 saturated carbocycles. The average Bonchev–Trinajstić information content (AvgIpc) is 3.07. The monoisotopic (exact) mass is 398 g/mol. The number of H-pyrrole nitrogens is 1. The lowest BCUT2D eigenvalue weighted by atomic mass is 9.77. The Morgan fingerprint density at radius 1 is 1.34 bits per heavy atom. The van der Waals surface area contributed by atoms with E-state index in [-0.39, 0.29) is 30.0 Å². The molecule has 0 amide bonds. The van der Waals surface area contributed by atoms with E-state index in [1.807, 2.05) is 6.07 Å². The third kappa shape index (κ3) is 3.73. The van der Waals surface area contributed by atoms with Crippen LogP contribution in [-0.2, 0) is 20.7 Å². The molecule has 6 heteroatoms. The molecule has 0 unspecified atom stereocenters. The van der Waals surface area contributed by atoms with Gasteiger partial charge in [-0.2, -0.15) is 0 Å². The summed E-state index contributed by atoms with van der Waals surface area (Å²) in [5.74, 6) is 1.65. The number of rotatable bonds is 5. The fraction of sp³-hybridized carbons (Fsp3) is 0.522. The SMILES string of the molecule is CCCc1c([C@@H]2C[C@@H]3C(OC(C)=O)=CO[C@H](C)[C@@H]3CN2)[nH]c2cc(OC)ccc12. The highest BCUT2D eigenvalue weighted by atomic mass is 16.6. The van der Waals surface area contributed by atoms with Crippen molar-refractivity contribution in [2.45, 2.75) is 52.2 Å². The number of esters is 1. The van der Waals surface area contributed by atoms with Gasteiger partial charge in [0.05, 0.1) is 13.2 Å². The maximum absolute atomic E-state index is 11.6. The molecule has 156 valence electrons. The van der Waals surface area contributed by atoms with Crippen molar-refractivity contribution in [3.8, 4) is 5.75 Å². The van der Waals surface area contributed by atoms with Crippen LogP contribution in [0.4, 0.5) is 0 Å². The molecule has 6 nitrogen and oxygen atoms in total. The van der Waals surface area contributed by atoms with E-state index in [1.54, 1.807) is 13.4 Å². The molecular weight excluding hydrogens is 368 g/mol. The van der Waals surface area contributed by atoms with Crippen molar-refractivity contribution in [2.75, 3.05) is 13.7 Å². The first kappa shape index (κ1) is 19.8. The zero-order chi connectivity index (χ0) is 20.5. The topological polar surface area (TPSA) is 72.6 Å². The van der Waals surface area contributed by atoms with Crippen molar-refractivity contribution in [2.24, 2.45) is 11.8 Å². The van der Waals surface area contributed by atoms with Crippen LogP contribution in [-0.4, -0.2) is 30.7 Å². The van der Waals surface area contributed by atoms with E-state index in [4.69, 9.17) is 14.2 Å². The molecule has 1 fully saturated rings. The van der Waals surface area contributed by atoms with E-state index in [2.05, 4.69) is 36.3 Å². The average molecular weight is 399 g/mol. The van der Waals surface area contributed by atoms with Gasteiger partial charge in [0.15, 0.2) is 0 Å². The summed E-state index contributed by atoms with van der Waals surface area (Å²) in [6.07, 6.45) is 4.68. The molecule has 0 spiro atoms. The van der Waals surface area contributed by atoms with Crippen LogP contribution in [0.25, 0.3) is 10.9 Å². The minimum absolute atomic E-state index is 0.0924. The minimum atomic E-state index is -0.299. The Morgan fingerprint density at radius 3 is 2.90 bits per heavy atom. The molecule has 2 aliphatic rings. The number of carbonyl (C=O) groups excluding carboxylic acids is 1. The van der Waals surface area contributed by atoms with Crippen LogP contribution in [0.3, 0.4) is 0 Å². The van der Waals surface area contributed by atoms with Crippen molar-refractivity contribution in [1.82, 2.24) is 10.3 Å². The molecule has 1 saturated heterocycles. The molecule has 1 aromatic heterocycles. The molecule has 0 aliphatic carbocycles. The van der Waals surface area contributed by atoms with Gasteiger partial charge in [0.25, 0.3) is 0 Å². The standard InChI is InChI=1S/C23H30N2O4/c1-5-6-17-16-8-7-15(27-4)9-20(16)25-23(17)21-10-18-19(11-24-21)13(2)28-12-22(18)29-14(3)26/h7-9,12-13,18-19,21,24-25H,5-6,10-11H2,1-4H3/t13-,18+,19+,21+/m1/s1. The molecule has 3 heterocycles. The number of fused-ring (bicyclic) bond motifs is 2. The Bertz CT molecular complexity index is 932. The number of ether oxygens (including phenoxy) is 3. The van der Waals surface area contributed by atoms with Crippen LogP contribution < -0.4 is 10.1 Å². The summed E-state index contributed by atoms with van der Waals surface area (Å²) in [6.45, 7) is 6.55. The number of nitrogens with one attached hydrogen (secondary N) is 2. The quantitative estimate of drug-likeness (QED) is 0.738. The zero-order valence-corrected chi connectivity index (χ0v) is 17.6. The van der Waals surface area contributed by atoms with Crippen LogP contribution in [0.5, 0.6) is 5.75 Å². The predicted molar refractivity (Wildman–Crippen MR) is 112 cm³/mol. The first-order valence-electron chi connectivity index (χ1n) is 10.5. The van der Waals surface area contributed by atoms with E-state index in [0.29, 0.717) is 5.76 Å². The molecule has 0 bridgehead atoms. The Labute approximate surface area is 171 Å². The summed E-state index contributed by atoms with van der Waals surface area (Å²) in [4.78, 5) is 15.2. The summed E-state index contributed by atoms with van der Waals surface area (Å²) < 4.78 is 16.6. The lowest BCUT2D eigenvalue weighted by Crippen LogP contribution is -2.47. The second-order valence-corrected chi connectivity index (χ2v) is 8.10. The van der Waals surface area contributed by atoms with Crippen molar-refractivity contribution >= 4 is 16.9 Å². The third-order valence-electron chi connectivity index (χ3n) is 6.23. The van der Waals surface area contributed by atoms with E-state index in [0.717, 1.165) is 37.1 Å². The summed E-state index contributed by atoms with van der Waals surface area (Å²) in [5.41, 5.74) is 3.69. The van der Waals surface area contributed by atoms with Crippen molar-refractivity contribution in [3.63, 3.8) is 0 Å². The lowest BCUT2D eigenvalue weighted by Gasteiger charge is -2.42. The first-order valence-corrected chi connectivity index (χ1v) is 10.5. The van der Waals surface area contributed by atoms with Gasteiger partial charge < -0.3 is 24.5 Å². The summed E-state index contributed by atoms with van der Waals surface area (Å²) in [6, 6.07) is 6.39. The van der Waals surface area contributed by atoms with Gasteiger partial charge in [-0.1, -0.05) is 13.3 Å². The molecule has 2 aliphatic heterocycles. The van der Waals surface area contributed by atoms with Gasteiger partial charge in [0, 0.05) is 54.0 Å². The maximum atomic E-state index is 11.6. The smallest absolute Gasteiger partial charge is 0.307 e. The number of aryl methyl sites for hydroxylation is 1. The Hall–Kier alpha value is -2.47. The van der Waals surface area contributed by atoms with Crippen LogP contribution >= 0.6 is 0 Å². The van der Waals surface area contributed by atoms with Gasteiger partial charge in [-0.25, -0.2) is 0 Å². The largest absolute Gasteiger partial charge is 0.497 e. The highest BCUT2D eigenvalue weighted by Gasteiger charge is 2.41. The third-order valence-corrected chi connectivity index (χ3v) is 6.23. The maximum Gasteiger partial charge on any atom is 0.307 e. The fourth-order valence-corrected chi connectivity index (χ4v) is 4.80. The Kier molecular flexibility index (Phi) is 5.54. The number of allylic oxidation sites excluding steroid dienone is 1. The highest BCUT2D eigenvalue weighted by Crippen LogP contribution is 2.42. The summed E-state index contributed by atoms with van der Waals surface area (Å²) in [5, 5.41) is 4.97.